The second kappa shape index (κ2) is 7.07. The van der Waals surface area contributed by atoms with Crippen LogP contribution in [-0.4, -0.2) is 48.2 Å². The first-order chi connectivity index (χ1) is 9.75. The molecule has 16 heteroatoms. The van der Waals surface area contributed by atoms with Crippen LogP contribution < -0.4 is 56.5 Å². The van der Waals surface area contributed by atoms with Crippen LogP contribution in [-0.2, 0) is 4.79 Å². The molecular formula is C8H2F13KO2. The molecule has 0 aliphatic heterocycles. The van der Waals surface area contributed by atoms with Crippen LogP contribution in [0.4, 0.5) is 57.1 Å². The maximum Gasteiger partial charge on any atom is 1.00 e. The van der Waals surface area contributed by atoms with Crippen LogP contribution in [0, 0.1) is 0 Å². The van der Waals surface area contributed by atoms with Crippen molar-refractivity contribution >= 4 is 5.97 Å². The number of carboxylic acids is 1. The first-order valence-corrected chi connectivity index (χ1v) is 4.80. The molecule has 0 aromatic carbocycles. The quantitative estimate of drug-likeness (QED) is 0.416. The number of carboxylic acid groups (broad SMARTS) is 1. The average molecular weight is 416 g/mol. The van der Waals surface area contributed by atoms with Crippen LogP contribution in [0.2, 0.25) is 0 Å². The Balaban J connectivity index is 0. The smallest absolute Gasteiger partial charge is 0.544 e. The monoisotopic (exact) mass is 416 g/mol. The van der Waals surface area contributed by atoms with Crippen molar-refractivity contribution in [2.75, 3.05) is 6.67 Å². The second-order valence-corrected chi connectivity index (χ2v) is 4.00. The van der Waals surface area contributed by atoms with Crippen molar-refractivity contribution in [2.24, 2.45) is 0 Å². The van der Waals surface area contributed by atoms with Gasteiger partial charge in [0.05, 0.1) is 0 Å². The van der Waals surface area contributed by atoms with Crippen LogP contribution in [0.1, 0.15) is 0 Å². The fraction of sp³-hybridized carbons (Fsp3) is 0.875. The van der Waals surface area contributed by atoms with Gasteiger partial charge in [-0.1, -0.05) is 0 Å². The number of carbonyl (C=O) groups excluding carboxylic acids is 1. The maximum atomic E-state index is 12.8. The summed E-state index contributed by atoms with van der Waals surface area (Å²) in [4.78, 5) is 9.63. The van der Waals surface area contributed by atoms with Crippen molar-refractivity contribution in [3.05, 3.63) is 0 Å². The molecule has 0 aromatic heterocycles. The molecule has 0 radical (unpaired) electrons. The minimum absolute atomic E-state index is 0. The van der Waals surface area contributed by atoms with E-state index in [1.807, 2.05) is 0 Å². The molecule has 0 saturated heterocycles. The Kier molecular flexibility index (Phi) is 7.79. The first-order valence-electron chi connectivity index (χ1n) is 4.80. The zero-order valence-electron chi connectivity index (χ0n) is 10.9. The average Bonchev–Trinajstić information content (AvgIpc) is 2.37. The first kappa shape index (κ1) is 26.4. The van der Waals surface area contributed by atoms with Gasteiger partial charge < -0.3 is 9.90 Å². The molecule has 0 heterocycles. The van der Waals surface area contributed by atoms with Gasteiger partial charge in [-0.15, -0.1) is 0 Å². The summed E-state index contributed by atoms with van der Waals surface area (Å²) in [5, 5.41) is 9.63. The van der Waals surface area contributed by atoms with E-state index in [1.165, 1.54) is 0 Å². The van der Waals surface area contributed by atoms with Gasteiger partial charge in [0.1, 0.15) is 5.97 Å². The summed E-state index contributed by atoms with van der Waals surface area (Å²) in [6.45, 7) is -3.74. The number of aliphatic carboxylic acids is 1. The summed E-state index contributed by atoms with van der Waals surface area (Å²) < 4.78 is 163. The number of hydrogen-bond donors (Lipinski definition) is 0. The molecule has 0 fully saturated rings. The standard InChI is InChI=1S/C8H3F13O2.K/c9-1-3(10,11)5(14,15)7(18,19)8(20,21)6(16,17)4(12,13)2(22)23;/h1H2,(H,22,23);/q;+1/p-1. The molecule has 0 bridgehead atoms. The minimum Gasteiger partial charge on any atom is -0.544 e. The molecule has 0 rings (SSSR count). The molecule has 2 nitrogen and oxygen atoms in total. The van der Waals surface area contributed by atoms with Gasteiger partial charge in [-0.05, 0) is 0 Å². The zero-order chi connectivity index (χ0) is 19.3. The van der Waals surface area contributed by atoms with Crippen LogP contribution in [0.5, 0.6) is 0 Å². The molecule has 0 spiro atoms. The summed E-state index contributed by atoms with van der Waals surface area (Å²) in [6.07, 6.45) is 0. The number of carbonyl (C=O) groups is 1. The molecule has 138 valence electrons. The van der Waals surface area contributed by atoms with E-state index >= 15 is 0 Å². The van der Waals surface area contributed by atoms with Gasteiger partial charge in [-0.2, -0.15) is 52.7 Å². The maximum absolute atomic E-state index is 12.8. The molecule has 0 saturated carbocycles. The molecule has 0 atom stereocenters. The van der Waals surface area contributed by atoms with Crippen LogP contribution in [0.25, 0.3) is 0 Å². The molecule has 24 heavy (non-hydrogen) atoms. The Labute approximate surface area is 165 Å². The van der Waals surface area contributed by atoms with E-state index in [1.54, 1.807) is 0 Å². The summed E-state index contributed by atoms with van der Waals surface area (Å²) in [5.74, 6) is -49.6. The van der Waals surface area contributed by atoms with Crippen LogP contribution in [0.15, 0.2) is 0 Å². The number of alkyl halides is 13. The Hall–Kier alpha value is 0.196. The molecule has 0 unspecified atom stereocenters. The zero-order valence-corrected chi connectivity index (χ0v) is 14.1. The van der Waals surface area contributed by atoms with Crippen molar-refractivity contribution in [3.63, 3.8) is 0 Å². The minimum atomic E-state index is -8.04. The largest absolute Gasteiger partial charge is 1.00 e. The Morgan fingerprint density at radius 3 is 1.21 bits per heavy atom. The van der Waals surface area contributed by atoms with Crippen molar-refractivity contribution < 1.29 is 118 Å². The molecule has 0 N–H and O–H groups in total. The van der Waals surface area contributed by atoms with E-state index in [9.17, 15) is 67.0 Å². The van der Waals surface area contributed by atoms with Crippen molar-refractivity contribution in [3.8, 4) is 0 Å². The van der Waals surface area contributed by atoms with E-state index in [0.717, 1.165) is 0 Å². The summed E-state index contributed by atoms with van der Waals surface area (Å²) >= 11 is 0. The normalized spacial score (nSPS) is 15.0. The molecule has 0 aliphatic rings. The van der Waals surface area contributed by atoms with Crippen molar-refractivity contribution in [1.29, 1.82) is 0 Å². The molecular weight excluding hydrogens is 414 g/mol. The third-order valence-corrected chi connectivity index (χ3v) is 2.46. The van der Waals surface area contributed by atoms with Gasteiger partial charge >= 0.3 is 86.9 Å². The van der Waals surface area contributed by atoms with Gasteiger partial charge in [-0.25, -0.2) is 4.39 Å². The fourth-order valence-corrected chi connectivity index (χ4v) is 1.03. The molecule has 0 amide bonds. The predicted molar refractivity (Wildman–Crippen MR) is 40.7 cm³/mol. The molecule has 0 aliphatic carbocycles. The summed E-state index contributed by atoms with van der Waals surface area (Å²) in [5.41, 5.74) is 0. The fourth-order valence-electron chi connectivity index (χ4n) is 1.03. The Bertz CT molecular complexity index is 475. The topological polar surface area (TPSA) is 40.1 Å². The predicted octanol–water partition coefficient (Wildman–Crippen LogP) is -0.478. The van der Waals surface area contributed by atoms with Crippen molar-refractivity contribution in [2.45, 2.75) is 35.5 Å². The van der Waals surface area contributed by atoms with Gasteiger partial charge in [0, 0.05) is 0 Å². The van der Waals surface area contributed by atoms with E-state index in [-0.39, 0.29) is 51.4 Å². The SMILES string of the molecule is O=C([O-])C(F)(F)C(F)(F)C(F)(F)C(F)(F)C(F)(F)C(F)(F)CF.[K+]. The van der Waals surface area contributed by atoms with E-state index in [2.05, 4.69) is 0 Å². The third kappa shape index (κ3) is 3.40. The van der Waals surface area contributed by atoms with Crippen LogP contribution >= 0.6 is 0 Å². The van der Waals surface area contributed by atoms with E-state index in [0.29, 0.717) is 0 Å². The van der Waals surface area contributed by atoms with Crippen molar-refractivity contribution in [1.82, 2.24) is 0 Å². The number of rotatable bonds is 7. The third-order valence-electron chi connectivity index (χ3n) is 2.46. The van der Waals surface area contributed by atoms with E-state index in [4.69, 9.17) is 0 Å². The van der Waals surface area contributed by atoms with Crippen LogP contribution in [0.3, 0.4) is 0 Å². The molecule has 0 aromatic rings. The van der Waals surface area contributed by atoms with Gasteiger partial charge in [-0.3, -0.25) is 0 Å². The van der Waals surface area contributed by atoms with Gasteiger partial charge in [0.25, 0.3) is 0 Å². The number of hydrogen-bond acceptors (Lipinski definition) is 2. The Morgan fingerprint density at radius 1 is 0.667 bits per heavy atom. The van der Waals surface area contributed by atoms with Gasteiger partial charge in [0.2, 0.25) is 0 Å². The number of halogens is 13. The summed E-state index contributed by atoms with van der Waals surface area (Å²) in [6, 6.07) is 0. The van der Waals surface area contributed by atoms with E-state index < -0.39 is 48.2 Å². The Morgan fingerprint density at radius 2 is 0.958 bits per heavy atom. The second-order valence-electron chi connectivity index (χ2n) is 4.00. The van der Waals surface area contributed by atoms with Gasteiger partial charge in [0.15, 0.2) is 6.67 Å². The summed E-state index contributed by atoms with van der Waals surface area (Å²) in [7, 11) is 0.